The summed E-state index contributed by atoms with van der Waals surface area (Å²) in [6.07, 6.45) is 0. The number of aromatic nitrogens is 2. The molecule has 0 unspecified atom stereocenters. The molecule has 3 N–H and O–H groups in total. The normalized spacial score (nSPS) is 10.6. The predicted octanol–water partition coefficient (Wildman–Crippen LogP) is 4.55. The molecule has 0 spiro atoms. The number of aromatic amines is 1. The van der Waals surface area contributed by atoms with Crippen LogP contribution in [-0.2, 0) is 9.47 Å². The van der Waals surface area contributed by atoms with Crippen LogP contribution in [0.15, 0.2) is 76.5 Å². The third-order valence-electron chi connectivity index (χ3n) is 5.34. The molecule has 8 heteroatoms. The van der Waals surface area contributed by atoms with Crippen molar-refractivity contribution in [3.8, 4) is 11.8 Å². The van der Waals surface area contributed by atoms with Gasteiger partial charge >= 0.3 is 0 Å². The molecule has 0 aliphatic carbocycles. The number of rotatable bonds is 10. The summed E-state index contributed by atoms with van der Waals surface area (Å²) >= 11 is 1.54. The van der Waals surface area contributed by atoms with Gasteiger partial charge in [0, 0.05) is 47.1 Å². The quantitative estimate of drug-likeness (QED) is 0.219. The van der Waals surface area contributed by atoms with E-state index in [0.29, 0.717) is 31.1 Å². The number of fused-ring (bicyclic) bond motifs is 1. The molecule has 3 aromatic carbocycles. The van der Waals surface area contributed by atoms with Crippen molar-refractivity contribution >= 4 is 34.3 Å². The first kappa shape index (κ1) is 25.3. The minimum atomic E-state index is -0.103. The Morgan fingerprint density at radius 3 is 2.67 bits per heavy atom. The number of anilines is 1. The Morgan fingerprint density at radius 2 is 1.86 bits per heavy atom. The number of amides is 1. The van der Waals surface area contributed by atoms with E-state index in [2.05, 4.69) is 32.7 Å². The topological polar surface area (TPSA) is 88.3 Å². The van der Waals surface area contributed by atoms with Gasteiger partial charge in [0.25, 0.3) is 5.91 Å². The highest BCUT2D eigenvalue weighted by molar-refractivity contribution is 7.99. The molecule has 4 aromatic rings. The van der Waals surface area contributed by atoms with Crippen LogP contribution in [0.3, 0.4) is 0 Å². The highest BCUT2D eigenvalue weighted by Gasteiger charge is 2.11. The largest absolute Gasteiger partial charge is 0.383 e. The second kappa shape index (κ2) is 12.8. The number of carbonyl (C=O) groups is 1. The number of methoxy groups -OCH3 is 1. The van der Waals surface area contributed by atoms with E-state index in [1.165, 1.54) is 11.8 Å². The summed E-state index contributed by atoms with van der Waals surface area (Å²) in [4.78, 5) is 14.1. The molecule has 4 rings (SSSR count). The highest BCUT2D eigenvalue weighted by Crippen LogP contribution is 2.32. The van der Waals surface area contributed by atoms with Crippen molar-refractivity contribution in [3.63, 3.8) is 0 Å². The van der Waals surface area contributed by atoms with Gasteiger partial charge in [-0.3, -0.25) is 9.89 Å². The smallest absolute Gasteiger partial charge is 0.252 e. The van der Waals surface area contributed by atoms with Crippen molar-refractivity contribution in [3.05, 3.63) is 83.6 Å². The molecule has 0 aliphatic rings. The zero-order valence-electron chi connectivity index (χ0n) is 20.3. The maximum Gasteiger partial charge on any atom is 0.252 e. The van der Waals surface area contributed by atoms with Crippen LogP contribution >= 0.6 is 11.8 Å². The first-order chi connectivity index (χ1) is 17.7. The molecule has 1 aromatic heterocycles. The van der Waals surface area contributed by atoms with Gasteiger partial charge in [-0.15, -0.1) is 0 Å². The van der Waals surface area contributed by atoms with Crippen LogP contribution in [0.25, 0.3) is 10.9 Å². The fourth-order valence-electron chi connectivity index (χ4n) is 3.48. The molecule has 1 heterocycles. The van der Waals surface area contributed by atoms with Crippen LogP contribution in [0.4, 0.5) is 5.69 Å². The Balaban J connectivity index is 1.40. The number of carbonyl (C=O) groups excluding carboxylic acids is 1. The molecular weight excluding hydrogens is 472 g/mol. The van der Waals surface area contributed by atoms with Crippen LogP contribution in [0.5, 0.6) is 0 Å². The summed E-state index contributed by atoms with van der Waals surface area (Å²) in [5.74, 6) is 6.26. The van der Waals surface area contributed by atoms with E-state index in [4.69, 9.17) is 9.47 Å². The Labute approximate surface area is 215 Å². The minimum Gasteiger partial charge on any atom is -0.383 e. The summed E-state index contributed by atoms with van der Waals surface area (Å²) in [7, 11) is 3.30. The molecule has 0 saturated heterocycles. The molecule has 0 bridgehead atoms. The molecule has 36 heavy (non-hydrogen) atoms. The third kappa shape index (κ3) is 6.67. The minimum absolute atomic E-state index is 0.103. The van der Waals surface area contributed by atoms with Gasteiger partial charge in [0.1, 0.15) is 5.69 Å². The van der Waals surface area contributed by atoms with Crippen LogP contribution in [-0.4, -0.2) is 56.6 Å². The lowest BCUT2D eigenvalue weighted by Crippen LogP contribution is -2.18. The van der Waals surface area contributed by atoms with E-state index in [0.717, 1.165) is 38.5 Å². The molecule has 0 radical (unpaired) electrons. The van der Waals surface area contributed by atoms with Crippen molar-refractivity contribution in [1.82, 2.24) is 15.5 Å². The number of benzene rings is 3. The van der Waals surface area contributed by atoms with Gasteiger partial charge in [-0.1, -0.05) is 29.8 Å². The predicted molar refractivity (Wildman–Crippen MR) is 144 cm³/mol. The van der Waals surface area contributed by atoms with Crippen molar-refractivity contribution < 1.29 is 14.3 Å². The van der Waals surface area contributed by atoms with Crippen LogP contribution in [0, 0.1) is 11.8 Å². The zero-order chi connectivity index (χ0) is 25.2. The Morgan fingerprint density at radius 1 is 1.03 bits per heavy atom. The number of hydrogen-bond donors (Lipinski definition) is 3. The number of H-pyrrole nitrogens is 1. The zero-order valence-corrected chi connectivity index (χ0v) is 21.1. The van der Waals surface area contributed by atoms with Crippen molar-refractivity contribution in [2.24, 2.45) is 0 Å². The van der Waals surface area contributed by atoms with E-state index in [-0.39, 0.29) is 5.91 Å². The van der Waals surface area contributed by atoms with Crippen LogP contribution in [0.1, 0.15) is 21.6 Å². The maximum absolute atomic E-state index is 12.2. The molecule has 184 valence electrons. The average Bonchev–Trinajstić information content (AvgIpc) is 3.32. The lowest BCUT2D eigenvalue weighted by Gasteiger charge is -2.08. The molecule has 0 saturated carbocycles. The van der Waals surface area contributed by atoms with E-state index in [1.54, 1.807) is 14.2 Å². The lowest BCUT2D eigenvalue weighted by atomic mass is 10.2. The fraction of sp³-hybridized carbons (Fsp3) is 0.214. The highest BCUT2D eigenvalue weighted by atomic mass is 32.2. The summed E-state index contributed by atoms with van der Waals surface area (Å²) in [5.41, 5.74) is 4.17. The van der Waals surface area contributed by atoms with Gasteiger partial charge in [-0.05, 0) is 60.5 Å². The van der Waals surface area contributed by atoms with Gasteiger partial charge in [-0.25, -0.2) is 0 Å². The number of nitrogens with one attached hydrogen (secondary N) is 3. The number of ether oxygens (including phenoxy) is 2. The molecule has 1 amide bonds. The van der Waals surface area contributed by atoms with E-state index < -0.39 is 0 Å². The van der Waals surface area contributed by atoms with Gasteiger partial charge in [0.05, 0.1) is 30.9 Å². The van der Waals surface area contributed by atoms with Crippen molar-refractivity contribution in [1.29, 1.82) is 0 Å². The van der Waals surface area contributed by atoms with E-state index in [9.17, 15) is 4.79 Å². The Bertz CT molecular complexity index is 1370. The SMILES string of the molecule is CNC(=O)c1ccccc1Sc1ccc2c(C#Cc3ccc(NCCOCCOC)cc3)n[nH]c2c1. The van der Waals surface area contributed by atoms with E-state index in [1.807, 2.05) is 66.7 Å². The standard InChI is InChI=1S/C28H28N4O3S/c1-29-28(33)24-5-3-4-6-27(24)36-22-12-13-23-25(31-32-26(23)19-22)14-9-20-7-10-21(11-8-20)30-15-16-35-18-17-34-2/h3-8,10-13,19,30H,15-18H2,1-2H3,(H,29,33)(H,31,32). The molecule has 0 atom stereocenters. The first-order valence-corrected chi connectivity index (χ1v) is 12.4. The fourth-order valence-corrected chi connectivity index (χ4v) is 4.46. The Kier molecular flexibility index (Phi) is 9.00. The Hall–Kier alpha value is -3.77. The van der Waals surface area contributed by atoms with Crippen molar-refractivity contribution in [2.75, 3.05) is 45.8 Å². The molecule has 0 fully saturated rings. The average molecular weight is 501 g/mol. The number of hydrogen-bond acceptors (Lipinski definition) is 6. The van der Waals surface area contributed by atoms with Gasteiger partial charge in [0.15, 0.2) is 0 Å². The first-order valence-electron chi connectivity index (χ1n) is 11.6. The summed E-state index contributed by atoms with van der Waals surface area (Å²) in [6.45, 7) is 2.55. The van der Waals surface area contributed by atoms with Gasteiger partial charge in [0.2, 0.25) is 0 Å². The summed E-state index contributed by atoms with van der Waals surface area (Å²) in [6, 6.07) is 21.6. The summed E-state index contributed by atoms with van der Waals surface area (Å²) < 4.78 is 10.4. The number of nitrogens with zero attached hydrogens (tertiary/aromatic N) is 1. The third-order valence-corrected chi connectivity index (χ3v) is 6.40. The molecular formula is C28H28N4O3S. The second-order valence-electron chi connectivity index (χ2n) is 7.82. The summed E-state index contributed by atoms with van der Waals surface area (Å²) in [5, 5.41) is 14.4. The molecule has 7 nitrogen and oxygen atoms in total. The van der Waals surface area contributed by atoms with Gasteiger partial charge in [-0.2, -0.15) is 5.10 Å². The van der Waals surface area contributed by atoms with Gasteiger partial charge < -0.3 is 20.1 Å². The maximum atomic E-state index is 12.2. The monoisotopic (exact) mass is 500 g/mol. The molecule has 0 aliphatic heterocycles. The second-order valence-corrected chi connectivity index (χ2v) is 8.93. The van der Waals surface area contributed by atoms with E-state index >= 15 is 0 Å². The van der Waals surface area contributed by atoms with Crippen molar-refractivity contribution in [2.45, 2.75) is 9.79 Å². The van der Waals surface area contributed by atoms with Crippen LogP contribution < -0.4 is 10.6 Å². The lowest BCUT2D eigenvalue weighted by molar-refractivity contribution is 0.0759. The van der Waals surface area contributed by atoms with Crippen LogP contribution in [0.2, 0.25) is 0 Å².